The number of carbonyl (C=O) groups excluding carboxylic acids is 1. The average Bonchev–Trinajstić information content (AvgIpc) is 3.00. The van der Waals surface area contributed by atoms with Crippen molar-refractivity contribution in [3.63, 3.8) is 0 Å². The smallest absolute Gasteiger partial charge is 0.227 e. The molecule has 2 aromatic rings. The van der Waals surface area contributed by atoms with Crippen molar-refractivity contribution in [1.29, 1.82) is 0 Å². The molecule has 6 heteroatoms. The van der Waals surface area contributed by atoms with Crippen molar-refractivity contribution in [2.45, 2.75) is 18.9 Å². The first kappa shape index (κ1) is 16.3. The average molecular weight is 396 g/mol. The van der Waals surface area contributed by atoms with Gasteiger partial charge in [-0.05, 0) is 33.6 Å². The molecule has 1 saturated heterocycles. The van der Waals surface area contributed by atoms with E-state index in [4.69, 9.17) is 16.3 Å². The zero-order valence-corrected chi connectivity index (χ0v) is 14.8. The van der Waals surface area contributed by atoms with E-state index in [9.17, 15) is 4.79 Å². The van der Waals surface area contributed by atoms with E-state index in [0.717, 1.165) is 16.5 Å². The molecule has 120 valence electrons. The van der Waals surface area contributed by atoms with Crippen LogP contribution < -0.4 is 4.74 Å². The summed E-state index contributed by atoms with van der Waals surface area (Å²) in [6, 6.07) is 11.1. The van der Waals surface area contributed by atoms with Gasteiger partial charge in [-0.25, -0.2) is 4.98 Å². The van der Waals surface area contributed by atoms with Gasteiger partial charge < -0.3 is 9.64 Å². The van der Waals surface area contributed by atoms with Gasteiger partial charge in [0.05, 0.1) is 13.0 Å². The van der Waals surface area contributed by atoms with Crippen LogP contribution in [0.15, 0.2) is 47.1 Å². The van der Waals surface area contributed by atoms with E-state index in [-0.39, 0.29) is 12.0 Å². The number of amides is 1. The van der Waals surface area contributed by atoms with Crippen molar-refractivity contribution >= 4 is 33.4 Å². The first-order chi connectivity index (χ1) is 11.1. The van der Waals surface area contributed by atoms with E-state index in [1.165, 1.54) is 0 Å². The zero-order valence-electron chi connectivity index (χ0n) is 12.4. The SMILES string of the molecule is O=C(Cc1ccccc1Cl)N1CC[C@@H](Oc2ccc(Br)cn2)C1. The maximum atomic E-state index is 12.4. The molecule has 0 N–H and O–H groups in total. The minimum absolute atomic E-state index is 0.0149. The van der Waals surface area contributed by atoms with Crippen LogP contribution in [0, 0.1) is 0 Å². The first-order valence-electron chi connectivity index (χ1n) is 7.41. The van der Waals surface area contributed by atoms with Crippen LogP contribution in [0.5, 0.6) is 5.88 Å². The molecule has 1 fully saturated rings. The van der Waals surface area contributed by atoms with Crippen molar-refractivity contribution in [2.24, 2.45) is 0 Å². The van der Waals surface area contributed by atoms with E-state index in [1.54, 1.807) is 12.3 Å². The molecule has 1 atom stereocenters. The molecule has 0 saturated carbocycles. The van der Waals surface area contributed by atoms with Crippen LogP contribution >= 0.6 is 27.5 Å². The normalized spacial score (nSPS) is 17.3. The minimum atomic E-state index is -0.0149. The van der Waals surface area contributed by atoms with Gasteiger partial charge in [0.2, 0.25) is 11.8 Å². The number of pyridine rings is 1. The number of benzene rings is 1. The fraction of sp³-hybridized carbons (Fsp3) is 0.294. The maximum absolute atomic E-state index is 12.4. The van der Waals surface area contributed by atoms with Crippen LogP contribution in [0.4, 0.5) is 0 Å². The minimum Gasteiger partial charge on any atom is -0.472 e. The summed E-state index contributed by atoms with van der Waals surface area (Å²) in [6.07, 6.45) is 2.82. The van der Waals surface area contributed by atoms with Crippen molar-refractivity contribution in [2.75, 3.05) is 13.1 Å². The summed E-state index contributed by atoms with van der Waals surface area (Å²) in [6.45, 7) is 1.28. The van der Waals surface area contributed by atoms with Crippen molar-refractivity contribution in [1.82, 2.24) is 9.88 Å². The molecular weight excluding hydrogens is 380 g/mol. The fourth-order valence-corrected chi connectivity index (χ4v) is 3.01. The van der Waals surface area contributed by atoms with Gasteiger partial charge in [-0.3, -0.25) is 4.79 Å². The molecule has 0 radical (unpaired) electrons. The van der Waals surface area contributed by atoms with Gasteiger partial charge in [0, 0.05) is 34.7 Å². The van der Waals surface area contributed by atoms with E-state index in [2.05, 4.69) is 20.9 Å². The summed E-state index contributed by atoms with van der Waals surface area (Å²) in [5, 5.41) is 0.631. The third-order valence-electron chi connectivity index (χ3n) is 3.78. The number of ether oxygens (including phenoxy) is 1. The summed E-state index contributed by atoms with van der Waals surface area (Å²) in [5.41, 5.74) is 0.859. The predicted molar refractivity (Wildman–Crippen MR) is 92.7 cm³/mol. The van der Waals surface area contributed by atoms with E-state index in [0.29, 0.717) is 30.4 Å². The predicted octanol–water partition coefficient (Wildman–Crippen LogP) is 3.72. The molecule has 1 aromatic heterocycles. The monoisotopic (exact) mass is 394 g/mol. The van der Waals surface area contributed by atoms with E-state index >= 15 is 0 Å². The first-order valence-corrected chi connectivity index (χ1v) is 8.58. The van der Waals surface area contributed by atoms with Crippen LogP contribution in [-0.4, -0.2) is 35.0 Å². The molecule has 1 aliphatic heterocycles. The Morgan fingerprint density at radius 3 is 2.91 bits per heavy atom. The van der Waals surface area contributed by atoms with Gasteiger partial charge in [-0.15, -0.1) is 0 Å². The van der Waals surface area contributed by atoms with Crippen LogP contribution in [-0.2, 0) is 11.2 Å². The summed E-state index contributed by atoms with van der Waals surface area (Å²) in [7, 11) is 0. The standard InChI is InChI=1S/C17H16BrClN2O2/c18-13-5-6-16(20-10-13)23-14-7-8-21(11-14)17(22)9-12-3-1-2-4-15(12)19/h1-6,10,14H,7-9,11H2/t14-/m1/s1. The third-order valence-corrected chi connectivity index (χ3v) is 4.62. The maximum Gasteiger partial charge on any atom is 0.227 e. The number of likely N-dealkylation sites (tertiary alicyclic amines) is 1. The van der Waals surface area contributed by atoms with Crippen LogP contribution in [0.1, 0.15) is 12.0 Å². The molecule has 0 unspecified atom stereocenters. The van der Waals surface area contributed by atoms with E-state index < -0.39 is 0 Å². The quantitative estimate of drug-likeness (QED) is 0.792. The molecule has 1 aliphatic rings. The Kier molecular flexibility index (Phi) is 5.18. The van der Waals surface area contributed by atoms with Gasteiger partial charge in [0.1, 0.15) is 6.10 Å². The number of carbonyl (C=O) groups is 1. The Morgan fingerprint density at radius 1 is 1.35 bits per heavy atom. The summed E-state index contributed by atoms with van der Waals surface area (Å²) in [4.78, 5) is 18.4. The van der Waals surface area contributed by atoms with Crippen LogP contribution in [0.2, 0.25) is 5.02 Å². The second kappa shape index (κ2) is 7.32. The second-order valence-electron chi connectivity index (χ2n) is 5.45. The lowest BCUT2D eigenvalue weighted by atomic mass is 10.1. The Hall–Kier alpha value is -1.59. The molecule has 0 spiro atoms. The van der Waals surface area contributed by atoms with Crippen LogP contribution in [0.3, 0.4) is 0 Å². The highest BCUT2D eigenvalue weighted by molar-refractivity contribution is 9.10. The molecule has 4 nitrogen and oxygen atoms in total. The lowest BCUT2D eigenvalue weighted by molar-refractivity contribution is -0.129. The van der Waals surface area contributed by atoms with Crippen molar-refractivity contribution in [3.8, 4) is 5.88 Å². The number of nitrogens with zero attached hydrogens (tertiary/aromatic N) is 2. The number of hydrogen-bond donors (Lipinski definition) is 0. The highest BCUT2D eigenvalue weighted by Gasteiger charge is 2.28. The van der Waals surface area contributed by atoms with Gasteiger partial charge in [-0.2, -0.15) is 0 Å². The topological polar surface area (TPSA) is 42.4 Å². The van der Waals surface area contributed by atoms with Gasteiger partial charge in [0.25, 0.3) is 0 Å². The molecule has 0 bridgehead atoms. The summed E-state index contributed by atoms with van der Waals surface area (Å²) >= 11 is 9.46. The Labute approximate surface area is 148 Å². The highest BCUT2D eigenvalue weighted by atomic mass is 79.9. The Morgan fingerprint density at radius 2 is 2.17 bits per heavy atom. The Balaban J connectivity index is 1.55. The highest BCUT2D eigenvalue weighted by Crippen LogP contribution is 2.21. The molecular formula is C17H16BrClN2O2. The second-order valence-corrected chi connectivity index (χ2v) is 6.77. The number of aromatic nitrogens is 1. The molecule has 3 rings (SSSR count). The molecule has 0 aliphatic carbocycles. The number of halogens is 2. The zero-order chi connectivity index (χ0) is 16.2. The van der Waals surface area contributed by atoms with Gasteiger partial charge in [-0.1, -0.05) is 29.8 Å². The van der Waals surface area contributed by atoms with Gasteiger partial charge in [0.15, 0.2) is 0 Å². The third kappa shape index (κ3) is 4.24. The number of hydrogen-bond acceptors (Lipinski definition) is 3. The van der Waals surface area contributed by atoms with Gasteiger partial charge >= 0.3 is 0 Å². The molecule has 1 aromatic carbocycles. The van der Waals surface area contributed by atoms with Crippen LogP contribution in [0.25, 0.3) is 0 Å². The molecule has 23 heavy (non-hydrogen) atoms. The number of rotatable bonds is 4. The van der Waals surface area contributed by atoms with Crippen molar-refractivity contribution in [3.05, 3.63) is 57.7 Å². The summed E-state index contributed by atoms with van der Waals surface area (Å²) in [5.74, 6) is 0.659. The lowest BCUT2D eigenvalue weighted by Gasteiger charge is -2.17. The van der Waals surface area contributed by atoms with Crippen molar-refractivity contribution < 1.29 is 9.53 Å². The summed E-state index contributed by atoms with van der Waals surface area (Å²) < 4.78 is 6.74. The molecule has 1 amide bonds. The largest absolute Gasteiger partial charge is 0.472 e. The van der Waals surface area contributed by atoms with E-state index in [1.807, 2.05) is 35.2 Å². The lowest BCUT2D eigenvalue weighted by Crippen LogP contribution is -2.32. The Bertz CT molecular complexity index is 693. The molecule has 2 heterocycles. The fourth-order valence-electron chi connectivity index (χ4n) is 2.57.